The summed E-state index contributed by atoms with van der Waals surface area (Å²) >= 11 is 0. The largest absolute Gasteiger partial charge is 0.330 e. The van der Waals surface area contributed by atoms with Crippen LogP contribution in [-0.4, -0.2) is 39.3 Å². The molecule has 1 aromatic rings. The van der Waals surface area contributed by atoms with Gasteiger partial charge < -0.3 is 11.1 Å². The van der Waals surface area contributed by atoms with Crippen molar-refractivity contribution in [2.24, 2.45) is 11.7 Å². The highest BCUT2D eigenvalue weighted by atomic mass is 35.5. The van der Waals surface area contributed by atoms with E-state index >= 15 is 0 Å². The molecule has 0 aromatic heterocycles. The minimum Gasteiger partial charge on any atom is -0.330 e. The summed E-state index contributed by atoms with van der Waals surface area (Å²) in [6.45, 7) is 5.60. The molecule has 0 fully saturated rings. The molecule has 0 saturated carbocycles. The van der Waals surface area contributed by atoms with E-state index in [0.717, 1.165) is 15.4 Å². The van der Waals surface area contributed by atoms with Gasteiger partial charge in [-0.15, -0.1) is 12.4 Å². The Hall–Kier alpha value is -1.15. The van der Waals surface area contributed by atoms with E-state index in [4.69, 9.17) is 5.73 Å². The molecule has 6 nitrogen and oxygen atoms in total. The highest BCUT2D eigenvalue weighted by Gasteiger charge is 2.20. The lowest BCUT2D eigenvalue weighted by molar-refractivity contribution is -0.119. The number of aryl methyl sites for hydroxylation is 1. The number of halogens is 1. The van der Waals surface area contributed by atoms with Crippen LogP contribution in [0, 0.1) is 19.8 Å². The van der Waals surface area contributed by atoms with E-state index in [1.807, 2.05) is 13.8 Å². The summed E-state index contributed by atoms with van der Waals surface area (Å²) in [6.07, 6.45) is 0. The molecule has 0 aliphatic carbocycles. The zero-order valence-corrected chi connectivity index (χ0v) is 15.1. The van der Waals surface area contributed by atoms with Gasteiger partial charge in [-0.25, -0.2) is 12.7 Å². The standard InChI is InChI=1S/C14H23N3O3S.ClH/c1-9-6-12(21(19,20)17(4)5)7-13(11(9)3)16-14(18)10(2)8-15;/h6-7,10H,8,15H2,1-5H3,(H,16,18);1H. The van der Waals surface area contributed by atoms with Crippen LogP contribution in [0.2, 0.25) is 0 Å². The molecule has 0 aliphatic heterocycles. The predicted molar refractivity (Wildman–Crippen MR) is 90.9 cm³/mol. The molecule has 0 spiro atoms. The van der Waals surface area contributed by atoms with Crippen molar-refractivity contribution >= 4 is 34.0 Å². The number of carbonyl (C=O) groups is 1. The first kappa shape index (κ1) is 20.9. The molecule has 0 heterocycles. The number of rotatable bonds is 5. The molecule has 0 saturated heterocycles. The lowest BCUT2D eigenvalue weighted by Crippen LogP contribution is -2.27. The Bertz CT molecular complexity index is 645. The summed E-state index contributed by atoms with van der Waals surface area (Å²) < 4.78 is 25.6. The Morgan fingerprint density at radius 2 is 1.86 bits per heavy atom. The van der Waals surface area contributed by atoms with Crippen molar-refractivity contribution < 1.29 is 13.2 Å². The smallest absolute Gasteiger partial charge is 0.242 e. The van der Waals surface area contributed by atoms with E-state index in [1.165, 1.54) is 20.2 Å². The molecule has 22 heavy (non-hydrogen) atoms. The van der Waals surface area contributed by atoms with Crippen LogP contribution in [0.15, 0.2) is 17.0 Å². The van der Waals surface area contributed by atoms with Crippen LogP contribution < -0.4 is 11.1 Å². The monoisotopic (exact) mass is 349 g/mol. The normalized spacial score (nSPS) is 12.7. The molecule has 0 aliphatic rings. The summed E-state index contributed by atoms with van der Waals surface area (Å²) in [4.78, 5) is 12.1. The fourth-order valence-electron chi connectivity index (χ4n) is 1.68. The molecular formula is C14H24ClN3O3S. The topological polar surface area (TPSA) is 92.5 Å². The fourth-order valence-corrected chi connectivity index (χ4v) is 2.69. The number of nitrogens with one attached hydrogen (secondary N) is 1. The Morgan fingerprint density at radius 3 is 2.32 bits per heavy atom. The van der Waals surface area contributed by atoms with E-state index in [2.05, 4.69) is 5.32 Å². The maximum absolute atomic E-state index is 12.2. The maximum atomic E-state index is 12.2. The molecule has 126 valence electrons. The Kier molecular flexibility index (Phi) is 7.50. The number of benzene rings is 1. The first-order valence-corrected chi connectivity index (χ1v) is 8.10. The lowest BCUT2D eigenvalue weighted by atomic mass is 10.1. The summed E-state index contributed by atoms with van der Waals surface area (Å²) in [5, 5.41) is 2.75. The molecule has 1 rings (SSSR count). The maximum Gasteiger partial charge on any atom is 0.242 e. The number of hydrogen-bond donors (Lipinski definition) is 2. The predicted octanol–water partition coefficient (Wildman–Crippen LogP) is 1.51. The van der Waals surface area contributed by atoms with Crippen LogP contribution in [0.5, 0.6) is 0 Å². The van der Waals surface area contributed by atoms with Gasteiger partial charge in [0.15, 0.2) is 0 Å². The second-order valence-electron chi connectivity index (χ2n) is 5.33. The van der Waals surface area contributed by atoms with E-state index in [0.29, 0.717) is 5.69 Å². The van der Waals surface area contributed by atoms with E-state index < -0.39 is 10.0 Å². The van der Waals surface area contributed by atoms with Gasteiger partial charge in [-0.1, -0.05) is 6.92 Å². The van der Waals surface area contributed by atoms with Crippen molar-refractivity contribution in [3.63, 3.8) is 0 Å². The Morgan fingerprint density at radius 1 is 1.32 bits per heavy atom. The van der Waals surface area contributed by atoms with Crippen LogP contribution in [0.3, 0.4) is 0 Å². The van der Waals surface area contributed by atoms with E-state index in [9.17, 15) is 13.2 Å². The number of nitrogens with two attached hydrogens (primary N) is 1. The first-order valence-electron chi connectivity index (χ1n) is 6.66. The van der Waals surface area contributed by atoms with Gasteiger partial charge in [0.2, 0.25) is 15.9 Å². The molecule has 1 amide bonds. The summed E-state index contributed by atoms with van der Waals surface area (Å²) in [7, 11) is -0.600. The second-order valence-corrected chi connectivity index (χ2v) is 7.48. The third kappa shape index (κ3) is 4.42. The fraction of sp³-hybridized carbons (Fsp3) is 0.500. The number of carbonyl (C=O) groups excluding carboxylic acids is 1. The quantitative estimate of drug-likeness (QED) is 0.842. The van der Waals surface area contributed by atoms with Crippen molar-refractivity contribution in [2.75, 3.05) is 26.0 Å². The molecular weight excluding hydrogens is 326 g/mol. The highest BCUT2D eigenvalue weighted by molar-refractivity contribution is 7.89. The van der Waals surface area contributed by atoms with Gasteiger partial charge in [-0.2, -0.15) is 0 Å². The molecule has 0 bridgehead atoms. The second kappa shape index (κ2) is 7.92. The van der Waals surface area contributed by atoms with Gasteiger partial charge in [0.05, 0.1) is 4.90 Å². The number of anilines is 1. The third-order valence-corrected chi connectivity index (χ3v) is 5.27. The van der Waals surface area contributed by atoms with Crippen LogP contribution in [0.1, 0.15) is 18.1 Å². The van der Waals surface area contributed by atoms with Gasteiger partial charge in [0.25, 0.3) is 0 Å². The van der Waals surface area contributed by atoms with Crippen LogP contribution >= 0.6 is 12.4 Å². The van der Waals surface area contributed by atoms with Crippen molar-refractivity contribution in [3.8, 4) is 0 Å². The summed E-state index contributed by atoms with van der Waals surface area (Å²) in [6, 6.07) is 3.09. The molecule has 0 radical (unpaired) electrons. The van der Waals surface area contributed by atoms with Gasteiger partial charge in [0.1, 0.15) is 0 Å². The zero-order valence-electron chi connectivity index (χ0n) is 13.5. The van der Waals surface area contributed by atoms with Gasteiger partial charge in [0, 0.05) is 32.2 Å². The van der Waals surface area contributed by atoms with Crippen molar-refractivity contribution in [3.05, 3.63) is 23.3 Å². The number of sulfonamides is 1. The Balaban J connectivity index is 0.00000441. The Labute approximate surface area is 138 Å². The molecule has 3 N–H and O–H groups in total. The molecule has 1 atom stereocenters. The number of amides is 1. The minimum absolute atomic E-state index is 0. The lowest BCUT2D eigenvalue weighted by Gasteiger charge is -2.17. The minimum atomic E-state index is -3.54. The third-order valence-electron chi connectivity index (χ3n) is 3.48. The highest BCUT2D eigenvalue weighted by Crippen LogP contribution is 2.25. The zero-order chi connectivity index (χ0) is 16.4. The average molecular weight is 350 g/mol. The van der Waals surface area contributed by atoms with Gasteiger partial charge >= 0.3 is 0 Å². The molecule has 1 aromatic carbocycles. The van der Waals surface area contributed by atoms with Gasteiger partial charge in [-0.05, 0) is 37.1 Å². The first-order chi connectivity index (χ1) is 9.61. The number of nitrogens with zero attached hydrogens (tertiary/aromatic N) is 1. The van der Waals surface area contributed by atoms with Crippen LogP contribution in [0.4, 0.5) is 5.69 Å². The van der Waals surface area contributed by atoms with E-state index in [1.54, 1.807) is 13.0 Å². The SMILES string of the molecule is Cc1cc(S(=O)(=O)N(C)C)cc(NC(=O)C(C)CN)c1C.Cl. The molecule has 8 heteroatoms. The average Bonchev–Trinajstić information content (AvgIpc) is 2.42. The van der Waals surface area contributed by atoms with Crippen molar-refractivity contribution in [1.82, 2.24) is 4.31 Å². The van der Waals surface area contributed by atoms with E-state index in [-0.39, 0.29) is 35.7 Å². The summed E-state index contributed by atoms with van der Waals surface area (Å²) in [5.74, 6) is -0.557. The van der Waals surface area contributed by atoms with Crippen LogP contribution in [-0.2, 0) is 14.8 Å². The van der Waals surface area contributed by atoms with Crippen molar-refractivity contribution in [2.45, 2.75) is 25.7 Å². The van der Waals surface area contributed by atoms with Gasteiger partial charge in [-0.3, -0.25) is 4.79 Å². The number of hydrogen-bond acceptors (Lipinski definition) is 4. The molecule has 1 unspecified atom stereocenters. The van der Waals surface area contributed by atoms with Crippen molar-refractivity contribution in [1.29, 1.82) is 0 Å². The summed E-state index contributed by atoms with van der Waals surface area (Å²) in [5.41, 5.74) is 7.61. The van der Waals surface area contributed by atoms with Crippen LogP contribution in [0.25, 0.3) is 0 Å².